The molecule has 5 rings (SSSR count). The topological polar surface area (TPSA) is 154 Å². The number of aromatic nitrogens is 3. The summed E-state index contributed by atoms with van der Waals surface area (Å²) in [4.78, 5) is 35.8. The van der Waals surface area contributed by atoms with E-state index in [4.69, 9.17) is 29.6 Å². The minimum Gasteiger partial charge on any atom is -0.480 e. The number of halogens is 1. The fourth-order valence-electron chi connectivity index (χ4n) is 3.23. The molecule has 3 aromatic heterocycles. The molecule has 1 atom stereocenters. The molecule has 1 fully saturated rings. The minimum atomic E-state index is -1.10. The van der Waals surface area contributed by atoms with E-state index >= 15 is 0 Å². The summed E-state index contributed by atoms with van der Waals surface area (Å²) in [5, 5.41) is 12.2. The highest BCUT2D eigenvalue weighted by Gasteiger charge is 2.56. The lowest BCUT2D eigenvalue weighted by atomic mass is 10.1. The number of carbonyl (C=O) groups excluding carboxylic acids is 1. The first-order chi connectivity index (χ1) is 16.4. The van der Waals surface area contributed by atoms with E-state index in [1.807, 2.05) is 0 Å². The number of carboxylic acid groups (broad SMARTS) is 1. The van der Waals surface area contributed by atoms with Gasteiger partial charge in [0.05, 0.1) is 0 Å². The SMILES string of the molecule is CC(OC(=O)Nc1ocnc1C#Cc1nc2nc(C3(C(=O)O)CC3)oc2o1)c1ccccc1Cl. The number of oxazole rings is 3. The van der Waals surface area contributed by atoms with Crippen molar-refractivity contribution in [2.45, 2.75) is 31.3 Å². The van der Waals surface area contributed by atoms with Crippen LogP contribution in [0, 0.1) is 11.8 Å². The normalized spacial score (nSPS) is 14.8. The lowest BCUT2D eigenvalue weighted by molar-refractivity contribution is -0.140. The van der Waals surface area contributed by atoms with Crippen LogP contribution in [0.2, 0.25) is 5.02 Å². The van der Waals surface area contributed by atoms with Gasteiger partial charge in [-0.15, -0.1) is 0 Å². The van der Waals surface area contributed by atoms with Crippen molar-refractivity contribution in [3.05, 3.63) is 58.7 Å². The van der Waals surface area contributed by atoms with E-state index in [1.54, 1.807) is 31.2 Å². The summed E-state index contributed by atoms with van der Waals surface area (Å²) >= 11 is 6.13. The number of anilines is 1. The van der Waals surface area contributed by atoms with Gasteiger partial charge in [-0.05, 0) is 31.8 Å². The van der Waals surface area contributed by atoms with Gasteiger partial charge < -0.3 is 23.1 Å². The van der Waals surface area contributed by atoms with Crippen molar-refractivity contribution in [3.63, 3.8) is 0 Å². The van der Waals surface area contributed by atoms with Gasteiger partial charge in [0.25, 0.3) is 5.89 Å². The summed E-state index contributed by atoms with van der Waals surface area (Å²) < 4.78 is 21.3. The van der Waals surface area contributed by atoms with Crippen LogP contribution in [0.1, 0.15) is 48.9 Å². The van der Waals surface area contributed by atoms with Gasteiger partial charge in [-0.2, -0.15) is 9.97 Å². The number of fused-ring (bicyclic) bond motifs is 1. The van der Waals surface area contributed by atoms with Crippen molar-refractivity contribution in [1.82, 2.24) is 15.0 Å². The Kier molecular flexibility index (Phi) is 5.22. The molecule has 0 spiro atoms. The van der Waals surface area contributed by atoms with E-state index in [9.17, 15) is 14.7 Å². The van der Waals surface area contributed by atoms with E-state index in [0.717, 1.165) is 6.39 Å². The zero-order valence-electron chi connectivity index (χ0n) is 17.5. The highest BCUT2D eigenvalue weighted by atomic mass is 35.5. The second-order valence-corrected chi connectivity index (χ2v) is 7.92. The van der Waals surface area contributed by atoms with Crippen molar-refractivity contribution < 1.29 is 32.7 Å². The van der Waals surface area contributed by atoms with E-state index in [0.29, 0.717) is 23.4 Å². The van der Waals surface area contributed by atoms with Gasteiger partial charge in [0.2, 0.25) is 17.4 Å². The third-order valence-corrected chi connectivity index (χ3v) is 5.59. The van der Waals surface area contributed by atoms with E-state index in [2.05, 4.69) is 32.1 Å². The molecular weight excluding hydrogens is 468 g/mol. The Balaban J connectivity index is 1.27. The number of nitrogens with zero attached hydrogens (tertiary/aromatic N) is 3. The number of carboxylic acids is 1. The third-order valence-electron chi connectivity index (χ3n) is 5.24. The third kappa shape index (κ3) is 3.95. The molecule has 0 aliphatic heterocycles. The van der Waals surface area contributed by atoms with Crippen LogP contribution in [0.4, 0.5) is 10.7 Å². The molecule has 4 aromatic rings. The van der Waals surface area contributed by atoms with Gasteiger partial charge in [-0.1, -0.05) is 29.8 Å². The Bertz CT molecular complexity index is 1440. The first-order valence-electron chi connectivity index (χ1n) is 10.0. The Hall–Kier alpha value is -4.30. The van der Waals surface area contributed by atoms with Crippen LogP contribution in [-0.2, 0) is 14.9 Å². The summed E-state index contributed by atoms with van der Waals surface area (Å²) in [6.07, 6.45) is 0.597. The summed E-state index contributed by atoms with van der Waals surface area (Å²) in [5.41, 5.74) is -0.234. The molecule has 3 heterocycles. The van der Waals surface area contributed by atoms with Crippen LogP contribution in [0.15, 0.2) is 43.9 Å². The number of hydrogen-bond acceptors (Lipinski definition) is 9. The Morgan fingerprint density at radius 1 is 1.24 bits per heavy atom. The van der Waals surface area contributed by atoms with Gasteiger partial charge in [-0.3, -0.25) is 10.1 Å². The maximum absolute atomic E-state index is 12.3. The predicted octanol–water partition coefficient (Wildman–Crippen LogP) is 4.28. The number of aliphatic carboxylic acids is 1. The number of benzene rings is 1. The first-order valence-corrected chi connectivity index (χ1v) is 10.4. The lowest BCUT2D eigenvalue weighted by Gasteiger charge is -2.14. The molecular formula is C22H15ClN4O7. The van der Waals surface area contributed by atoms with Crippen molar-refractivity contribution in [1.29, 1.82) is 0 Å². The van der Waals surface area contributed by atoms with Crippen molar-refractivity contribution in [2.24, 2.45) is 0 Å². The molecule has 11 nitrogen and oxygen atoms in total. The number of rotatable bonds is 5. The second-order valence-electron chi connectivity index (χ2n) is 7.51. The molecule has 172 valence electrons. The molecule has 1 aliphatic carbocycles. The number of hydrogen-bond donors (Lipinski definition) is 2. The Labute approximate surface area is 196 Å². The van der Waals surface area contributed by atoms with E-state index < -0.39 is 23.6 Å². The first kappa shape index (κ1) is 21.5. The monoisotopic (exact) mass is 482 g/mol. The molecule has 0 bridgehead atoms. The fraction of sp³-hybridized carbons (Fsp3) is 0.227. The van der Waals surface area contributed by atoms with Crippen LogP contribution in [-0.4, -0.2) is 32.1 Å². The molecule has 1 saturated carbocycles. The number of amides is 1. The molecule has 1 aromatic carbocycles. The quantitative estimate of drug-likeness (QED) is 0.394. The smallest absolute Gasteiger partial charge is 0.414 e. The molecule has 1 aliphatic rings. The van der Waals surface area contributed by atoms with Crippen LogP contribution < -0.4 is 5.32 Å². The molecule has 1 unspecified atom stereocenters. The van der Waals surface area contributed by atoms with E-state index in [-0.39, 0.29) is 34.8 Å². The Morgan fingerprint density at radius 2 is 2.03 bits per heavy atom. The summed E-state index contributed by atoms with van der Waals surface area (Å²) in [6.45, 7) is 1.68. The van der Waals surface area contributed by atoms with Crippen LogP contribution in [0.5, 0.6) is 0 Å². The highest BCUT2D eigenvalue weighted by molar-refractivity contribution is 6.31. The number of carbonyl (C=O) groups is 2. The number of ether oxygens (including phenoxy) is 1. The van der Waals surface area contributed by atoms with Gasteiger partial charge in [0, 0.05) is 16.5 Å². The van der Waals surface area contributed by atoms with Crippen LogP contribution in [0.25, 0.3) is 11.4 Å². The zero-order valence-corrected chi connectivity index (χ0v) is 18.3. The van der Waals surface area contributed by atoms with Gasteiger partial charge >= 0.3 is 17.8 Å². The molecule has 0 radical (unpaired) electrons. The maximum atomic E-state index is 12.3. The van der Waals surface area contributed by atoms with E-state index in [1.165, 1.54) is 0 Å². The molecule has 34 heavy (non-hydrogen) atoms. The highest BCUT2D eigenvalue weighted by Crippen LogP contribution is 2.48. The Morgan fingerprint density at radius 3 is 2.74 bits per heavy atom. The minimum absolute atomic E-state index is 0.0255. The number of nitrogens with one attached hydrogen (secondary N) is 1. The zero-order chi connectivity index (χ0) is 23.9. The van der Waals surface area contributed by atoms with Gasteiger partial charge in [0.15, 0.2) is 12.1 Å². The molecule has 0 saturated heterocycles. The predicted molar refractivity (Wildman–Crippen MR) is 115 cm³/mol. The second kappa shape index (κ2) is 8.24. The van der Waals surface area contributed by atoms with Crippen LogP contribution >= 0.6 is 11.6 Å². The maximum Gasteiger partial charge on any atom is 0.414 e. The van der Waals surface area contributed by atoms with Crippen LogP contribution in [0.3, 0.4) is 0 Å². The van der Waals surface area contributed by atoms with Crippen molar-refractivity contribution >= 4 is 41.0 Å². The largest absolute Gasteiger partial charge is 0.480 e. The molecule has 2 N–H and O–H groups in total. The molecule has 1 amide bonds. The van der Waals surface area contributed by atoms with Crippen molar-refractivity contribution in [2.75, 3.05) is 5.32 Å². The lowest BCUT2D eigenvalue weighted by Crippen LogP contribution is -2.19. The average molecular weight is 483 g/mol. The van der Waals surface area contributed by atoms with Gasteiger partial charge in [-0.25, -0.2) is 9.78 Å². The molecule has 12 heteroatoms. The standard InChI is InChI=1S/C22H15ClN4O7/c1-11(12-4-2-3-5-13(12)23)32-21(30)27-17-14(24-10-31-17)6-7-15-25-16-18(33-15)34-19(26-16)22(8-9-22)20(28)29/h2-5,10-11H,8-9H2,1H3,(H,27,30)(H,28,29). The fourth-order valence-corrected chi connectivity index (χ4v) is 3.52. The average Bonchev–Trinajstić information content (AvgIpc) is 3.12. The van der Waals surface area contributed by atoms with Gasteiger partial charge in [0.1, 0.15) is 11.5 Å². The summed E-state index contributed by atoms with van der Waals surface area (Å²) in [6, 6.07) is 7.01. The summed E-state index contributed by atoms with van der Waals surface area (Å²) in [7, 11) is 0. The van der Waals surface area contributed by atoms with Crippen molar-refractivity contribution in [3.8, 4) is 11.8 Å². The summed E-state index contributed by atoms with van der Waals surface area (Å²) in [5.74, 6) is 4.28.